The minimum absolute atomic E-state index is 0.175. The maximum absolute atomic E-state index is 13.8. The summed E-state index contributed by atoms with van der Waals surface area (Å²) in [5, 5.41) is 3.37. The lowest BCUT2D eigenvalue weighted by atomic mass is 9.95. The summed E-state index contributed by atoms with van der Waals surface area (Å²) in [6, 6.07) is 8.87. The molecule has 7 heteroatoms. The normalized spacial score (nSPS) is 15.3. The van der Waals surface area contributed by atoms with E-state index >= 15 is 0 Å². The van der Waals surface area contributed by atoms with Crippen molar-refractivity contribution in [2.45, 2.75) is 70.7 Å². The summed E-state index contributed by atoms with van der Waals surface area (Å²) < 4.78 is 29.0. The number of carbonyl (C=O) groups excluding carboxylic acids is 1. The molecule has 0 heterocycles. The fourth-order valence-corrected chi connectivity index (χ4v) is 6.72. The number of benzene rings is 2. The van der Waals surface area contributed by atoms with Gasteiger partial charge in [-0.05, 0) is 69.4 Å². The van der Waals surface area contributed by atoms with Gasteiger partial charge in [0.2, 0.25) is 15.9 Å². The third-order valence-corrected chi connectivity index (χ3v) is 8.52. The van der Waals surface area contributed by atoms with Crippen LogP contribution in [0.5, 0.6) is 0 Å². The van der Waals surface area contributed by atoms with Crippen molar-refractivity contribution in [3.05, 3.63) is 57.6 Å². The van der Waals surface area contributed by atoms with E-state index in [-0.39, 0.29) is 18.5 Å². The van der Waals surface area contributed by atoms with Crippen LogP contribution in [0.3, 0.4) is 0 Å². The molecule has 3 rings (SSSR count). The molecule has 5 nitrogen and oxygen atoms in total. The molecule has 0 spiro atoms. The van der Waals surface area contributed by atoms with Crippen LogP contribution in [0.25, 0.3) is 0 Å². The molecule has 1 aliphatic carbocycles. The molecule has 1 fully saturated rings. The SMILES string of the molecule is Cc1cc(C)c(S(=O)(=O)N(CC(=O)Nc2ccc(C)c(Cl)c2)C2CCCCC2)c(C)c1. The molecule has 168 valence electrons. The predicted octanol–water partition coefficient (Wildman–Crippen LogP) is 5.54. The third-order valence-electron chi connectivity index (χ3n) is 5.91. The molecule has 0 aromatic heterocycles. The van der Waals surface area contributed by atoms with Gasteiger partial charge in [0, 0.05) is 16.8 Å². The van der Waals surface area contributed by atoms with Crippen molar-refractivity contribution < 1.29 is 13.2 Å². The van der Waals surface area contributed by atoms with E-state index in [1.54, 1.807) is 12.1 Å². The van der Waals surface area contributed by atoms with Crippen LogP contribution in [0, 0.1) is 27.7 Å². The molecule has 1 N–H and O–H groups in total. The smallest absolute Gasteiger partial charge is 0.244 e. The molecule has 0 saturated heterocycles. The summed E-state index contributed by atoms with van der Waals surface area (Å²) in [5.41, 5.74) is 3.92. The lowest BCUT2D eigenvalue weighted by molar-refractivity contribution is -0.116. The van der Waals surface area contributed by atoms with Crippen molar-refractivity contribution >= 4 is 33.2 Å². The van der Waals surface area contributed by atoms with E-state index in [9.17, 15) is 13.2 Å². The van der Waals surface area contributed by atoms with Gasteiger partial charge in [-0.1, -0.05) is 54.6 Å². The van der Waals surface area contributed by atoms with Crippen molar-refractivity contribution in [3.8, 4) is 0 Å². The second kappa shape index (κ2) is 9.72. The third kappa shape index (κ3) is 5.48. The van der Waals surface area contributed by atoms with Crippen LogP contribution in [0.1, 0.15) is 54.4 Å². The molecule has 2 aromatic carbocycles. The van der Waals surface area contributed by atoms with Crippen molar-refractivity contribution in [1.82, 2.24) is 4.31 Å². The molecule has 31 heavy (non-hydrogen) atoms. The maximum Gasteiger partial charge on any atom is 0.244 e. The average Bonchev–Trinajstić information content (AvgIpc) is 2.68. The van der Waals surface area contributed by atoms with Crippen LogP contribution >= 0.6 is 11.6 Å². The van der Waals surface area contributed by atoms with E-state index in [4.69, 9.17) is 11.6 Å². The number of nitrogens with zero attached hydrogens (tertiary/aromatic N) is 1. The van der Waals surface area contributed by atoms with Crippen LogP contribution in [0.4, 0.5) is 5.69 Å². The second-order valence-electron chi connectivity index (χ2n) is 8.58. The lowest BCUT2D eigenvalue weighted by Crippen LogP contribution is -2.46. The molecule has 2 aromatic rings. The number of sulfonamides is 1. The number of anilines is 1. The Labute approximate surface area is 190 Å². The Morgan fingerprint density at radius 3 is 2.19 bits per heavy atom. The zero-order valence-corrected chi connectivity index (χ0v) is 20.2. The molecule has 1 amide bonds. The number of carbonyl (C=O) groups is 1. The molecular formula is C24H31ClN2O3S. The number of halogens is 1. The van der Waals surface area contributed by atoms with E-state index in [1.165, 1.54) is 4.31 Å². The fourth-order valence-electron chi connectivity index (χ4n) is 4.48. The van der Waals surface area contributed by atoms with Crippen molar-refractivity contribution in [2.75, 3.05) is 11.9 Å². The first-order valence-corrected chi connectivity index (χ1v) is 12.6. The van der Waals surface area contributed by atoms with E-state index in [0.29, 0.717) is 26.7 Å². The number of rotatable bonds is 6. The first-order valence-electron chi connectivity index (χ1n) is 10.8. The van der Waals surface area contributed by atoms with E-state index in [1.807, 2.05) is 45.9 Å². The second-order valence-corrected chi connectivity index (χ2v) is 10.8. The highest BCUT2D eigenvalue weighted by Gasteiger charge is 2.35. The standard InChI is InChI=1S/C24H31ClN2O3S/c1-16-12-18(3)24(19(4)13-16)31(29,30)27(21-8-6-5-7-9-21)15-23(28)26-20-11-10-17(2)22(25)14-20/h10-14,21H,5-9,15H2,1-4H3,(H,26,28). The van der Waals surface area contributed by atoms with Gasteiger partial charge in [0.15, 0.2) is 0 Å². The Balaban J connectivity index is 1.92. The number of aryl methyl sites for hydroxylation is 4. The predicted molar refractivity (Wildman–Crippen MR) is 126 cm³/mol. The topological polar surface area (TPSA) is 66.5 Å². The van der Waals surface area contributed by atoms with E-state index < -0.39 is 10.0 Å². The monoisotopic (exact) mass is 462 g/mol. The van der Waals surface area contributed by atoms with Crippen LogP contribution in [0.15, 0.2) is 35.2 Å². The molecule has 0 aliphatic heterocycles. The summed E-state index contributed by atoms with van der Waals surface area (Å²) in [5.74, 6) is -0.364. The van der Waals surface area contributed by atoms with Crippen molar-refractivity contribution in [1.29, 1.82) is 0 Å². The largest absolute Gasteiger partial charge is 0.325 e. The Morgan fingerprint density at radius 2 is 1.61 bits per heavy atom. The van der Waals surface area contributed by atoms with Gasteiger partial charge in [0.25, 0.3) is 0 Å². The summed E-state index contributed by atoms with van der Waals surface area (Å²) in [6.45, 7) is 7.26. The van der Waals surface area contributed by atoms with Crippen molar-refractivity contribution in [2.24, 2.45) is 0 Å². The summed E-state index contributed by atoms with van der Waals surface area (Å²) in [7, 11) is -3.83. The number of amides is 1. The molecular weight excluding hydrogens is 432 g/mol. The fraction of sp³-hybridized carbons (Fsp3) is 0.458. The quantitative estimate of drug-likeness (QED) is 0.613. The molecule has 0 unspecified atom stereocenters. The van der Waals surface area contributed by atoms with Gasteiger partial charge < -0.3 is 5.32 Å². The zero-order valence-electron chi connectivity index (χ0n) is 18.7. The number of hydrogen-bond donors (Lipinski definition) is 1. The average molecular weight is 463 g/mol. The highest BCUT2D eigenvalue weighted by Crippen LogP contribution is 2.31. The van der Waals surface area contributed by atoms with Crippen LogP contribution < -0.4 is 5.32 Å². The summed E-state index contributed by atoms with van der Waals surface area (Å²) in [6.07, 6.45) is 4.58. The molecule has 1 aliphatic rings. The van der Waals surface area contributed by atoms with Crippen LogP contribution in [-0.4, -0.2) is 31.2 Å². The van der Waals surface area contributed by atoms with Crippen LogP contribution in [0.2, 0.25) is 5.02 Å². The Hall–Kier alpha value is -1.89. The van der Waals surface area contributed by atoms with E-state index in [2.05, 4.69) is 5.32 Å². The Bertz CT molecular complexity index is 1050. The molecule has 1 saturated carbocycles. The van der Waals surface area contributed by atoms with Gasteiger partial charge in [-0.2, -0.15) is 4.31 Å². The number of nitrogens with one attached hydrogen (secondary N) is 1. The maximum atomic E-state index is 13.8. The van der Waals surface area contributed by atoms with Gasteiger partial charge in [-0.3, -0.25) is 4.79 Å². The van der Waals surface area contributed by atoms with Gasteiger partial charge in [-0.25, -0.2) is 8.42 Å². The Kier molecular flexibility index (Phi) is 7.45. The molecule has 0 radical (unpaired) electrons. The number of hydrogen-bond acceptors (Lipinski definition) is 3. The minimum atomic E-state index is -3.83. The first kappa shape index (κ1) is 23.8. The van der Waals surface area contributed by atoms with Crippen molar-refractivity contribution in [3.63, 3.8) is 0 Å². The highest BCUT2D eigenvalue weighted by molar-refractivity contribution is 7.89. The van der Waals surface area contributed by atoms with Gasteiger partial charge >= 0.3 is 0 Å². The summed E-state index contributed by atoms with van der Waals surface area (Å²) >= 11 is 6.17. The van der Waals surface area contributed by atoms with Gasteiger partial charge in [0.1, 0.15) is 0 Å². The lowest BCUT2D eigenvalue weighted by Gasteiger charge is -2.33. The van der Waals surface area contributed by atoms with Gasteiger partial charge in [0.05, 0.1) is 11.4 Å². The van der Waals surface area contributed by atoms with E-state index in [0.717, 1.165) is 43.2 Å². The molecule has 0 bridgehead atoms. The highest BCUT2D eigenvalue weighted by atomic mass is 35.5. The summed E-state index contributed by atoms with van der Waals surface area (Å²) in [4.78, 5) is 13.2. The molecule has 0 atom stereocenters. The zero-order chi connectivity index (χ0) is 22.8. The Morgan fingerprint density at radius 1 is 1.00 bits per heavy atom. The van der Waals surface area contributed by atoms with Gasteiger partial charge in [-0.15, -0.1) is 0 Å². The minimum Gasteiger partial charge on any atom is -0.325 e. The first-order chi connectivity index (χ1) is 14.6. The van der Waals surface area contributed by atoms with Crippen LogP contribution in [-0.2, 0) is 14.8 Å².